The molecule has 4 rings (SSSR count). The van der Waals surface area contributed by atoms with Crippen molar-refractivity contribution in [3.05, 3.63) is 53.1 Å². The quantitative estimate of drug-likeness (QED) is 0.879. The molecular weight excluding hydrogens is 366 g/mol. The summed E-state index contributed by atoms with van der Waals surface area (Å²) in [5, 5.41) is 3.72. The van der Waals surface area contributed by atoms with E-state index in [4.69, 9.17) is 21.1 Å². The number of hydrogen-bond donors (Lipinski definition) is 1. The zero-order valence-corrected chi connectivity index (χ0v) is 15.7. The molecule has 0 saturated carbocycles. The predicted octanol–water partition coefficient (Wildman–Crippen LogP) is 3.14. The lowest BCUT2D eigenvalue weighted by Crippen LogP contribution is -2.51. The minimum atomic E-state index is -0.0457. The van der Waals surface area contributed by atoms with Crippen molar-refractivity contribution in [1.82, 2.24) is 10.2 Å². The van der Waals surface area contributed by atoms with Crippen LogP contribution in [0.3, 0.4) is 0 Å². The van der Waals surface area contributed by atoms with Crippen LogP contribution < -0.4 is 19.7 Å². The third kappa shape index (κ3) is 4.22. The van der Waals surface area contributed by atoms with Gasteiger partial charge >= 0.3 is 6.03 Å². The number of fused-ring (bicyclic) bond motifs is 1. The number of anilines is 1. The van der Waals surface area contributed by atoms with Crippen molar-refractivity contribution in [3.8, 4) is 11.5 Å². The highest BCUT2D eigenvalue weighted by Gasteiger charge is 2.21. The molecule has 1 fully saturated rings. The Morgan fingerprint density at radius 1 is 1.00 bits per heavy atom. The van der Waals surface area contributed by atoms with Crippen LogP contribution in [0.1, 0.15) is 5.56 Å². The van der Waals surface area contributed by atoms with Gasteiger partial charge in [-0.05, 0) is 35.9 Å². The molecule has 1 saturated heterocycles. The topological polar surface area (TPSA) is 54.0 Å². The lowest BCUT2D eigenvalue weighted by molar-refractivity contribution is 0.171. The number of carbonyl (C=O) groups excluding carboxylic acids is 1. The van der Waals surface area contributed by atoms with Crippen LogP contribution >= 0.6 is 11.6 Å². The fraction of sp³-hybridized carbons (Fsp3) is 0.350. The van der Waals surface area contributed by atoms with E-state index in [1.807, 2.05) is 47.4 Å². The molecule has 2 aromatic carbocycles. The number of benzene rings is 2. The van der Waals surface area contributed by atoms with Crippen molar-refractivity contribution in [3.63, 3.8) is 0 Å². The second-order valence-corrected chi connectivity index (χ2v) is 7.03. The lowest BCUT2D eigenvalue weighted by atomic mass is 10.2. The molecule has 0 unspecified atom stereocenters. The molecule has 2 aliphatic heterocycles. The molecule has 1 N–H and O–H groups in total. The van der Waals surface area contributed by atoms with Gasteiger partial charge in [0.1, 0.15) is 13.2 Å². The highest BCUT2D eigenvalue weighted by molar-refractivity contribution is 6.30. The third-order valence-corrected chi connectivity index (χ3v) is 5.03. The van der Waals surface area contributed by atoms with E-state index in [9.17, 15) is 4.79 Å². The molecule has 27 heavy (non-hydrogen) atoms. The molecule has 142 valence electrons. The molecule has 0 radical (unpaired) electrons. The van der Waals surface area contributed by atoms with E-state index in [0.717, 1.165) is 40.9 Å². The Bertz CT molecular complexity index is 822. The summed E-state index contributed by atoms with van der Waals surface area (Å²) in [6, 6.07) is 13.5. The van der Waals surface area contributed by atoms with Crippen LogP contribution in [-0.4, -0.2) is 50.3 Å². The van der Waals surface area contributed by atoms with Gasteiger partial charge in [0.25, 0.3) is 0 Å². The van der Waals surface area contributed by atoms with E-state index in [-0.39, 0.29) is 6.03 Å². The van der Waals surface area contributed by atoms with E-state index >= 15 is 0 Å². The number of amides is 2. The van der Waals surface area contributed by atoms with Gasteiger partial charge in [-0.1, -0.05) is 23.7 Å². The predicted molar refractivity (Wildman–Crippen MR) is 105 cm³/mol. The average molecular weight is 388 g/mol. The first-order valence-corrected chi connectivity index (χ1v) is 9.49. The van der Waals surface area contributed by atoms with Crippen LogP contribution in [0.2, 0.25) is 5.02 Å². The first-order chi connectivity index (χ1) is 13.2. The largest absolute Gasteiger partial charge is 0.486 e. The molecule has 2 aliphatic rings. The van der Waals surface area contributed by atoms with E-state index in [1.54, 1.807) is 0 Å². The standard InChI is InChI=1S/C20H22ClN3O3/c21-16-2-1-3-17(13-16)23-6-8-24(9-7-23)20(25)22-14-15-4-5-18-19(12-15)27-11-10-26-18/h1-5,12-13H,6-11,14H2,(H,22,25). The Morgan fingerprint density at radius 3 is 2.56 bits per heavy atom. The number of urea groups is 1. The fourth-order valence-electron chi connectivity index (χ4n) is 3.33. The SMILES string of the molecule is O=C(NCc1ccc2c(c1)OCCO2)N1CCN(c2cccc(Cl)c2)CC1. The van der Waals surface area contributed by atoms with Gasteiger partial charge < -0.3 is 24.6 Å². The van der Waals surface area contributed by atoms with Gasteiger partial charge in [0.05, 0.1) is 0 Å². The minimum absolute atomic E-state index is 0.0457. The number of carbonyl (C=O) groups is 1. The zero-order chi connectivity index (χ0) is 18.6. The highest BCUT2D eigenvalue weighted by atomic mass is 35.5. The van der Waals surface area contributed by atoms with Crippen molar-refractivity contribution in [2.24, 2.45) is 0 Å². The average Bonchev–Trinajstić information content (AvgIpc) is 2.72. The summed E-state index contributed by atoms with van der Waals surface area (Å²) in [6.07, 6.45) is 0. The molecule has 7 heteroatoms. The summed E-state index contributed by atoms with van der Waals surface area (Å²) in [5.41, 5.74) is 2.09. The molecular formula is C20H22ClN3O3. The van der Waals surface area contributed by atoms with Gasteiger partial charge in [-0.15, -0.1) is 0 Å². The van der Waals surface area contributed by atoms with Gasteiger partial charge in [0.2, 0.25) is 0 Å². The molecule has 6 nitrogen and oxygen atoms in total. The molecule has 0 aliphatic carbocycles. The van der Waals surface area contributed by atoms with Crippen LogP contribution in [0.5, 0.6) is 11.5 Å². The zero-order valence-electron chi connectivity index (χ0n) is 15.0. The summed E-state index contributed by atoms with van der Waals surface area (Å²) in [5.74, 6) is 1.50. The Morgan fingerprint density at radius 2 is 1.78 bits per heavy atom. The second-order valence-electron chi connectivity index (χ2n) is 6.59. The second kappa shape index (κ2) is 7.96. The number of piperazine rings is 1. The van der Waals surface area contributed by atoms with Crippen LogP contribution in [-0.2, 0) is 6.54 Å². The Balaban J connectivity index is 1.28. The van der Waals surface area contributed by atoms with Crippen molar-refractivity contribution in [2.45, 2.75) is 6.54 Å². The Kier molecular flexibility index (Phi) is 5.25. The molecule has 2 amide bonds. The van der Waals surface area contributed by atoms with Gasteiger partial charge in [0.15, 0.2) is 11.5 Å². The smallest absolute Gasteiger partial charge is 0.317 e. The summed E-state index contributed by atoms with van der Waals surface area (Å²) < 4.78 is 11.1. The molecule has 0 bridgehead atoms. The molecule has 0 atom stereocenters. The van der Waals surface area contributed by atoms with Gasteiger partial charge in [-0.25, -0.2) is 4.79 Å². The molecule has 0 spiro atoms. The van der Waals surface area contributed by atoms with Crippen LogP contribution in [0.15, 0.2) is 42.5 Å². The third-order valence-electron chi connectivity index (χ3n) is 4.79. The molecule has 0 aromatic heterocycles. The van der Waals surface area contributed by atoms with Crippen molar-refractivity contribution in [2.75, 3.05) is 44.3 Å². The summed E-state index contributed by atoms with van der Waals surface area (Å²) >= 11 is 6.07. The van der Waals surface area contributed by atoms with Gasteiger partial charge in [-0.2, -0.15) is 0 Å². The van der Waals surface area contributed by atoms with Crippen molar-refractivity contribution < 1.29 is 14.3 Å². The van der Waals surface area contributed by atoms with Gasteiger partial charge in [0, 0.05) is 43.4 Å². The Labute approximate surface area is 163 Å². The molecule has 2 heterocycles. The fourth-order valence-corrected chi connectivity index (χ4v) is 3.51. The van der Waals surface area contributed by atoms with E-state index in [1.165, 1.54) is 0 Å². The maximum absolute atomic E-state index is 12.5. The summed E-state index contributed by atoms with van der Waals surface area (Å²) in [6.45, 7) is 4.53. The number of hydrogen-bond acceptors (Lipinski definition) is 4. The van der Waals surface area contributed by atoms with Crippen molar-refractivity contribution in [1.29, 1.82) is 0 Å². The first kappa shape index (κ1) is 17.8. The molecule has 2 aromatic rings. The lowest BCUT2D eigenvalue weighted by Gasteiger charge is -2.36. The van der Waals surface area contributed by atoms with Crippen LogP contribution in [0.4, 0.5) is 10.5 Å². The normalized spacial score (nSPS) is 16.2. The number of ether oxygens (including phenoxy) is 2. The Hall–Kier alpha value is -2.60. The maximum Gasteiger partial charge on any atom is 0.317 e. The van der Waals surface area contributed by atoms with Crippen LogP contribution in [0, 0.1) is 0 Å². The van der Waals surface area contributed by atoms with E-state index in [2.05, 4.69) is 10.2 Å². The summed E-state index contributed by atoms with van der Waals surface area (Å²) in [7, 11) is 0. The number of rotatable bonds is 3. The summed E-state index contributed by atoms with van der Waals surface area (Å²) in [4.78, 5) is 16.6. The van der Waals surface area contributed by atoms with E-state index < -0.39 is 0 Å². The highest BCUT2D eigenvalue weighted by Crippen LogP contribution is 2.30. The van der Waals surface area contributed by atoms with Crippen molar-refractivity contribution >= 4 is 23.3 Å². The number of nitrogens with one attached hydrogen (secondary N) is 1. The van der Waals surface area contributed by atoms with E-state index in [0.29, 0.717) is 32.8 Å². The van der Waals surface area contributed by atoms with Gasteiger partial charge in [-0.3, -0.25) is 0 Å². The van der Waals surface area contributed by atoms with Crippen LogP contribution in [0.25, 0.3) is 0 Å². The minimum Gasteiger partial charge on any atom is -0.486 e. The maximum atomic E-state index is 12.5. The number of halogens is 1. The first-order valence-electron chi connectivity index (χ1n) is 9.11. The monoisotopic (exact) mass is 387 g/mol. The number of nitrogens with zero attached hydrogens (tertiary/aromatic N) is 2.